The van der Waals surface area contributed by atoms with Gasteiger partial charge in [0.25, 0.3) is 0 Å². The van der Waals surface area contributed by atoms with Crippen molar-refractivity contribution in [1.82, 2.24) is 5.43 Å². The molecule has 0 fully saturated rings. The molecular weight excluding hydrogens is 517 g/mol. The number of ether oxygens (including phenoxy) is 2. The Kier molecular flexibility index (Phi) is 9.08. The molecule has 0 radical (unpaired) electrons. The van der Waals surface area contributed by atoms with Gasteiger partial charge in [0, 0.05) is 5.02 Å². The number of nitrogens with zero attached hydrogens (tertiary/aromatic N) is 1. The highest BCUT2D eigenvalue weighted by atomic mass is 35.5. The first kappa shape index (κ1) is 26.0. The van der Waals surface area contributed by atoms with Gasteiger partial charge in [0.2, 0.25) is 0 Å². The molecule has 3 aromatic carbocycles. The minimum atomic E-state index is -0.989. The lowest BCUT2D eigenvalue weighted by molar-refractivity contribution is -0.136. The zero-order valence-electron chi connectivity index (χ0n) is 18.2. The molecule has 0 saturated heterocycles. The van der Waals surface area contributed by atoms with Crippen molar-refractivity contribution >= 4 is 64.5 Å². The summed E-state index contributed by atoms with van der Waals surface area (Å²) >= 11 is 17.9. The van der Waals surface area contributed by atoms with Crippen LogP contribution in [0.4, 0.5) is 5.69 Å². The predicted octanol–water partition coefficient (Wildman–Crippen LogP) is 5.35. The molecule has 0 aliphatic heterocycles. The maximum absolute atomic E-state index is 12.5. The maximum Gasteiger partial charge on any atom is 0.345 e. The van der Waals surface area contributed by atoms with Gasteiger partial charge in [-0.2, -0.15) is 5.10 Å². The van der Waals surface area contributed by atoms with Gasteiger partial charge in [0.15, 0.2) is 11.5 Å². The number of hydrogen-bond acceptors (Lipinski definition) is 6. The number of esters is 1. The van der Waals surface area contributed by atoms with E-state index >= 15 is 0 Å². The van der Waals surface area contributed by atoms with Gasteiger partial charge < -0.3 is 14.8 Å². The number of benzene rings is 3. The van der Waals surface area contributed by atoms with Gasteiger partial charge in [-0.1, -0.05) is 46.9 Å². The van der Waals surface area contributed by atoms with E-state index in [2.05, 4.69) is 15.8 Å². The highest BCUT2D eigenvalue weighted by molar-refractivity contribution is 6.41. The van der Waals surface area contributed by atoms with Gasteiger partial charge >= 0.3 is 17.8 Å². The Bertz CT molecular complexity index is 1300. The molecule has 8 nitrogen and oxygen atoms in total. The summed E-state index contributed by atoms with van der Waals surface area (Å²) < 4.78 is 11.0. The van der Waals surface area contributed by atoms with E-state index in [4.69, 9.17) is 44.3 Å². The SMILES string of the molecule is CCOc1cc(/C=N/NC(=O)C(=O)Nc2ccccc2Cl)ccc1OC(=O)c1ccc(Cl)cc1Cl. The van der Waals surface area contributed by atoms with E-state index in [0.29, 0.717) is 27.9 Å². The molecule has 0 aromatic heterocycles. The molecule has 2 N–H and O–H groups in total. The van der Waals surface area contributed by atoms with Crippen LogP contribution in [0, 0.1) is 0 Å². The van der Waals surface area contributed by atoms with Crippen LogP contribution in [0.25, 0.3) is 0 Å². The third kappa shape index (κ3) is 7.19. The van der Waals surface area contributed by atoms with Crippen LogP contribution in [0.5, 0.6) is 11.5 Å². The average molecular weight is 535 g/mol. The summed E-state index contributed by atoms with van der Waals surface area (Å²) in [5.41, 5.74) is 3.07. The van der Waals surface area contributed by atoms with Gasteiger partial charge in [-0.3, -0.25) is 9.59 Å². The largest absolute Gasteiger partial charge is 0.490 e. The zero-order chi connectivity index (χ0) is 25.4. The van der Waals surface area contributed by atoms with E-state index in [9.17, 15) is 14.4 Å². The lowest BCUT2D eigenvalue weighted by atomic mass is 10.2. The van der Waals surface area contributed by atoms with E-state index in [1.165, 1.54) is 30.5 Å². The molecule has 180 valence electrons. The number of hydrazone groups is 1. The number of anilines is 1. The van der Waals surface area contributed by atoms with Crippen molar-refractivity contribution in [2.75, 3.05) is 11.9 Å². The van der Waals surface area contributed by atoms with Crippen molar-refractivity contribution in [3.63, 3.8) is 0 Å². The molecule has 0 atom stereocenters. The number of para-hydroxylation sites is 1. The number of carbonyl (C=O) groups excluding carboxylic acids is 3. The topological polar surface area (TPSA) is 106 Å². The van der Waals surface area contributed by atoms with Gasteiger partial charge in [-0.05, 0) is 61.0 Å². The molecule has 0 spiro atoms. The number of nitrogens with one attached hydrogen (secondary N) is 2. The third-order valence-electron chi connectivity index (χ3n) is 4.33. The first-order chi connectivity index (χ1) is 16.8. The van der Waals surface area contributed by atoms with Crippen LogP contribution in [0.3, 0.4) is 0 Å². The van der Waals surface area contributed by atoms with E-state index in [1.807, 2.05) is 0 Å². The summed E-state index contributed by atoms with van der Waals surface area (Å²) in [5, 5.41) is 6.99. The van der Waals surface area contributed by atoms with Crippen LogP contribution in [-0.2, 0) is 9.59 Å². The summed E-state index contributed by atoms with van der Waals surface area (Å²) in [6.45, 7) is 2.06. The quantitative estimate of drug-likeness (QED) is 0.140. The van der Waals surface area contributed by atoms with Gasteiger partial charge in [0.1, 0.15) is 0 Å². The molecule has 0 heterocycles. The highest BCUT2D eigenvalue weighted by Gasteiger charge is 2.17. The second kappa shape index (κ2) is 12.2. The Morgan fingerprint density at radius 3 is 2.40 bits per heavy atom. The van der Waals surface area contributed by atoms with Crippen molar-refractivity contribution in [3.8, 4) is 11.5 Å². The summed E-state index contributed by atoms with van der Waals surface area (Å²) in [6.07, 6.45) is 1.30. The second-order valence-electron chi connectivity index (χ2n) is 6.79. The average Bonchev–Trinajstić information content (AvgIpc) is 2.82. The Balaban J connectivity index is 1.66. The van der Waals surface area contributed by atoms with E-state index in [1.54, 1.807) is 43.3 Å². The number of rotatable bonds is 7. The van der Waals surface area contributed by atoms with Crippen LogP contribution in [0.2, 0.25) is 15.1 Å². The van der Waals surface area contributed by atoms with Crippen molar-refractivity contribution in [2.24, 2.45) is 5.10 Å². The van der Waals surface area contributed by atoms with Crippen molar-refractivity contribution < 1.29 is 23.9 Å². The van der Waals surface area contributed by atoms with Crippen LogP contribution < -0.4 is 20.2 Å². The fourth-order valence-electron chi connectivity index (χ4n) is 2.73. The van der Waals surface area contributed by atoms with E-state index in [-0.39, 0.29) is 22.1 Å². The minimum Gasteiger partial charge on any atom is -0.490 e. The summed E-state index contributed by atoms with van der Waals surface area (Å²) in [6, 6.07) is 15.5. The molecule has 2 amide bonds. The van der Waals surface area contributed by atoms with E-state index < -0.39 is 17.8 Å². The fraction of sp³-hybridized carbons (Fsp3) is 0.0833. The highest BCUT2D eigenvalue weighted by Crippen LogP contribution is 2.30. The molecule has 3 aromatic rings. The van der Waals surface area contributed by atoms with Crippen molar-refractivity contribution in [3.05, 3.63) is 86.9 Å². The first-order valence-electron chi connectivity index (χ1n) is 10.1. The number of hydrogen-bond donors (Lipinski definition) is 2. The van der Waals surface area contributed by atoms with Gasteiger partial charge in [-0.15, -0.1) is 0 Å². The van der Waals surface area contributed by atoms with Crippen molar-refractivity contribution in [1.29, 1.82) is 0 Å². The Hall–Kier alpha value is -3.59. The molecule has 0 bridgehead atoms. The smallest absolute Gasteiger partial charge is 0.345 e. The number of halogens is 3. The second-order valence-corrected chi connectivity index (χ2v) is 8.04. The third-order valence-corrected chi connectivity index (χ3v) is 5.21. The molecule has 0 aliphatic rings. The van der Waals surface area contributed by atoms with Crippen LogP contribution in [0.15, 0.2) is 65.8 Å². The Morgan fingerprint density at radius 1 is 0.914 bits per heavy atom. The molecule has 11 heteroatoms. The van der Waals surface area contributed by atoms with Crippen LogP contribution >= 0.6 is 34.8 Å². The Morgan fingerprint density at radius 2 is 1.69 bits per heavy atom. The molecule has 35 heavy (non-hydrogen) atoms. The molecule has 0 saturated carbocycles. The summed E-state index contributed by atoms with van der Waals surface area (Å²) in [4.78, 5) is 36.5. The zero-order valence-corrected chi connectivity index (χ0v) is 20.4. The van der Waals surface area contributed by atoms with Crippen molar-refractivity contribution in [2.45, 2.75) is 6.92 Å². The number of carbonyl (C=O) groups is 3. The molecule has 0 aliphatic carbocycles. The number of amides is 2. The molecule has 3 rings (SSSR count). The minimum absolute atomic E-state index is 0.141. The van der Waals surface area contributed by atoms with Crippen LogP contribution in [-0.4, -0.2) is 30.6 Å². The first-order valence-corrected chi connectivity index (χ1v) is 11.2. The van der Waals surface area contributed by atoms with Crippen LogP contribution in [0.1, 0.15) is 22.8 Å². The lowest BCUT2D eigenvalue weighted by Gasteiger charge is -2.12. The van der Waals surface area contributed by atoms with Gasteiger partial charge in [0.05, 0.1) is 34.1 Å². The summed E-state index contributed by atoms with van der Waals surface area (Å²) in [5.74, 6) is -2.20. The standard InChI is InChI=1S/C24H18Cl3N3O5/c1-2-34-21-11-14(7-10-20(21)35-24(33)16-9-8-15(25)12-18(16)27)13-28-30-23(32)22(31)29-19-6-4-3-5-17(19)26/h3-13H,2H2,1H3,(H,29,31)(H,30,32)/b28-13+. The summed E-state index contributed by atoms with van der Waals surface area (Å²) in [7, 11) is 0. The lowest BCUT2D eigenvalue weighted by Crippen LogP contribution is -2.32. The fourth-order valence-corrected chi connectivity index (χ4v) is 3.39. The van der Waals surface area contributed by atoms with E-state index in [0.717, 1.165) is 0 Å². The Labute approximate surface area is 215 Å². The monoisotopic (exact) mass is 533 g/mol. The molecular formula is C24H18Cl3N3O5. The maximum atomic E-state index is 12.5. The predicted molar refractivity (Wildman–Crippen MR) is 135 cm³/mol. The molecule has 0 unspecified atom stereocenters. The normalized spacial score (nSPS) is 10.6. The van der Waals surface area contributed by atoms with Gasteiger partial charge in [-0.25, -0.2) is 10.2 Å².